The minimum absolute atomic E-state index is 0. The number of anilines is 1. The fraction of sp³-hybridized carbons (Fsp3) is 0.435. The summed E-state index contributed by atoms with van der Waals surface area (Å²) >= 11 is 0. The molecule has 2 aromatic rings. The van der Waals surface area contributed by atoms with Crippen molar-refractivity contribution in [2.45, 2.75) is 13.1 Å². The van der Waals surface area contributed by atoms with E-state index in [0.29, 0.717) is 68.3 Å². The van der Waals surface area contributed by atoms with Gasteiger partial charge < -0.3 is 34.5 Å². The number of rotatable bonds is 8. The first-order valence-corrected chi connectivity index (χ1v) is 10.4. The highest BCUT2D eigenvalue weighted by Crippen LogP contribution is 2.38. The van der Waals surface area contributed by atoms with Gasteiger partial charge in [0, 0.05) is 33.2 Å². The van der Waals surface area contributed by atoms with Crippen LogP contribution < -0.4 is 29.7 Å². The highest BCUT2D eigenvalue weighted by molar-refractivity contribution is 14.0. The summed E-state index contributed by atoms with van der Waals surface area (Å²) in [5.74, 6) is 2.08. The van der Waals surface area contributed by atoms with Crippen molar-refractivity contribution in [2.75, 3.05) is 59.6 Å². The maximum absolute atomic E-state index is 14.6. The van der Waals surface area contributed by atoms with Gasteiger partial charge in [-0.25, -0.2) is 4.39 Å². The van der Waals surface area contributed by atoms with E-state index in [2.05, 4.69) is 15.6 Å². The van der Waals surface area contributed by atoms with Gasteiger partial charge in [-0.05, 0) is 35.4 Å². The summed E-state index contributed by atoms with van der Waals surface area (Å²) in [4.78, 5) is 6.25. The summed E-state index contributed by atoms with van der Waals surface area (Å²) in [7, 11) is 6.42. The number of methoxy groups -OCH3 is 3. The number of ether oxygens (including phenoxy) is 4. The summed E-state index contributed by atoms with van der Waals surface area (Å²) in [6, 6.07) is 9.06. The van der Waals surface area contributed by atoms with Gasteiger partial charge in [0.1, 0.15) is 5.82 Å². The number of benzene rings is 2. The van der Waals surface area contributed by atoms with Crippen molar-refractivity contribution >= 4 is 35.6 Å². The lowest BCUT2D eigenvalue weighted by molar-refractivity contribution is 0.122. The van der Waals surface area contributed by atoms with Gasteiger partial charge in [0.25, 0.3) is 0 Å². The Kier molecular flexibility index (Phi) is 10.8. The van der Waals surface area contributed by atoms with Crippen LogP contribution in [-0.2, 0) is 17.8 Å². The average molecular weight is 574 g/mol. The molecule has 0 aromatic heterocycles. The van der Waals surface area contributed by atoms with E-state index in [1.807, 2.05) is 29.2 Å². The van der Waals surface area contributed by atoms with Gasteiger partial charge in [0.15, 0.2) is 17.5 Å². The minimum atomic E-state index is -0.230. The van der Waals surface area contributed by atoms with E-state index in [9.17, 15) is 4.39 Å². The third kappa shape index (κ3) is 7.00. The third-order valence-corrected chi connectivity index (χ3v) is 5.23. The second kappa shape index (κ2) is 13.3. The number of nitrogens with one attached hydrogen (secondary N) is 2. The Morgan fingerprint density at radius 3 is 2.09 bits per heavy atom. The number of morpholine rings is 1. The van der Waals surface area contributed by atoms with Crippen LogP contribution in [0.25, 0.3) is 0 Å². The number of halogens is 2. The maximum Gasteiger partial charge on any atom is 0.203 e. The van der Waals surface area contributed by atoms with Gasteiger partial charge in [0.05, 0.1) is 40.2 Å². The Hall–Kier alpha value is -2.47. The quantitative estimate of drug-likeness (QED) is 0.285. The average Bonchev–Trinajstić information content (AvgIpc) is 2.84. The standard InChI is InChI=1S/C23H31FN4O4.HI/c1-25-23(27-15-17-12-20(29-2)22(31-4)21(13-17)30-3)26-14-16-5-6-19(18(24)11-16)28-7-9-32-10-8-28;/h5-6,11-13H,7-10,14-15H2,1-4H3,(H2,25,26,27);1H. The molecular weight excluding hydrogens is 542 g/mol. The van der Waals surface area contributed by atoms with Crippen LogP contribution in [0.15, 0.2) is 35.3 Å². The lowest BCUT2D eigenvalue weighted by atomic mass is 10.1. The fourth-order valence-corrected chi connectivity index (χ4v) is 3.55. The minimum Gasteiger partial charge on any atom is -0.493 e. The predicted molar refractivity (Wildman–Crippen MR) is 138 cm³/mol. The SMILES string of the molecule is CN=C(NCc1ccc(N2CCOCC2)c(F)c1)NCc1cc(OC)c(OC)c(OC)c1.I. The van der Waals surface area contributed by atoms with Crippen molar-refractivity contribution in [3.63, 3.8) is 0 Å². The molecule has 0 amide bonds. The van der Waals surface area contributed by atoms with Gasteiger partial charge in [-0.1, -0.05) is 6.07 Å². The Bertz CT molecular complexity index is 914. The molecule has 2 N–H and O–H groups in total. The number of hydrogen-bond donors (Lipinski definition) is 2. The molecular formula is C23H32FIN4O4. The van der Waals surface area contributed by atoms with Crippen LogP contribution in [0, 0.1) is 5.82 Å². The Morgan fingerprint density at radius 2 is 1.58 bits per heavy atom. The zero-order chi connectivity index (χ0) is 22.9. The molecule has 0 atom stereocenters. The van der Waals surface area contributed by atoms with Gasteiger partial charge in [0.2, 0.25) is 5.75 Å². The smallest absolute Gasteiger partial charge is 0.203 e. The number of guanidine groups is 1. The number of hydrogen-bond acceptors (Lipinski definition) is 6. The number of nitrogens with zero attached hydrogens (tertiary/aromatic N) is 2. The van der Waals surface area contributed by atoms with Crippen molar-refractivity contribution in [3.05, 3.63) is 47.3 Å². The molecule has 0 saturated carbocycles. The first kappa shape index (κ1) is 26.8. The molecule has 8 nitrogen and oxygen atoms in total. The van der Waals surface area contributed by atoms with Crippen LogP contribution in [0.4, 0.5) is 10.1 Å². The lowest BCUT2D eigenvalue weighted by Gasteiger charge is -2.29. The second-order valence-electron chi connectivity index (χ2n) is 7.20. The number of aliphatic imine (C=N–C) groups is 1. The Morgan fingerprint density at radius 1 is 0.970 bits per heavy atom. The van der Waals surface area contributed by atoms with Crippen molar-refractivity contribution in [3.8, 4) is 17.2 Å². The third-order valence-electron chi connectivity index (χ3n) is 5.23. The summed E-state index contributed by atoms with van der Waals surface area (Å²) in [5.41, 5.74) is 2.38. The molecule has 1 aliphatic rings. The molecule has 0 bridgehead atoms. The topological polar surface area (TPSA) is 76.6 Å². The zero-order valence-corrected chi connectivity index (χ0v) is 21.8. The van der Waals surface area contributed by atoms with E-state index in [-0.39, 0.29) is 29.8 Å². The van der Waals surface area contributed by atoms with Gasteiger partial charge in [-0.15, -0.1) is 24.0 Å². The van der Waals surface area contributed by atoms with Crippen molar-refractivity contribution < 1.29 is 23.3 Å². The van der Waals surface area contributed by atoms with Crippen LogP contribution in [0.1, 0.15) is 11.1 Å². The fourth-order valence-electron chi connectivity index (χ4n) is 3.55. The Balaban J connectivity index is 0.00000385. The van der Waals surface area contributed by atoms with Crippen LogP contribution in [-0.4, -0.2) is 60.6 Å². The highest BCUT2D eigenvalue weighted by atomic mass is 127. The van der Waals surface area contributed by atoms with Crippen LogP contribution in [0.2, 0.25) is 0 Å². The van der Waals surface area contributed by atoms with Crippen LogP contribution in [0.3, 0.4) is 0 Å². The van der Waals surface area contributed by atoms with Crippen LogP contribution >= 0.6 is 24.0 Å². The molecule has 0 aliphatic carbocycles. The summed E-state index contributed by atoms with van der Waals surface area (Å²) < 4.78 is 36.1. The molecule has 0 unspecified atom stereocenters. The molecule has 33 heavy (non-hydrogen) atoms. The van der Waals surface area contributed by atoms with Crippen molar-refractivity contribution in [2.24, 2.45) is 4.99 Å². The summed E-state index contributed by atoms with van der Waals surface area (Å²) in [6.07, 6.45) is 0. The lowest BCUT2D eigenvalue weighted by Crippen LogP contribution is -2.37. The van der Waals surface area contributed by atoms with Crippen molar-refractivity contribution in [1.82, 2.24) is 10.6 Å². The highest BCUT2D eigenvalue weighted by Gasteiger charge is 2.16. The van der Waals surface area contributed by atoms with Crippen molar-refractivity contribution in [1.29, 1.82) is 0 Å². The summed E-state index contributed by atoms with van der Waals surface area (Å²) in [6.45, 7) is 3.57. The molecule has 0 radical (unpaired) electrons. The normalized spacial score (nSPS) is 13.7. The first-order valence-electron chi connectivity index (χ1n) is 10.4. The predicted octanol–water partition coefficient (Wildman–Crippen LogP) is 3.17. The molecule has 1 saturated heterocycles. The van der Waals surface area contributed by atoms with Gasteiger partial charge in [-0.3, -0.25) is 4.99 Å². The largest absolute Gasteiger partial charge is 0.493 e. The first-order chi connectivity index (χ1) is 15.6. The monoisotopic (exact) mass is 574 g/mol. The zero-order valence-electron chi connectivity index (χ0n) is 19.4. The van der Waals surface area contributed by atoms with E-state index in [1.54, 1.807) is 34.4 Å². The summed E-state index contributed by atoms with van der Waals surface area (Å²) in [5, 5.41) is 6.46. The van der Waals surface area contributed by atoms with E-state index >= 15 is 0 Å². The Labute approximate surface area is 211 Å². The molecule has 1 fully saturated rings. The molecule has 182 valence electrons. The van der Waals surface area contributed by atoms with Gasteiger partial charge in [-0.2, -0.15) is 0 Å². The molecule has 1 heterocycles. The molecule has 10 heteroatoms. The second-order valence-corrected chi connectivity index (χ2v) is 7.20. The van der Waals surface area contributed by atoms with Crippen LogP contribution in [0.5, 0.6) is 17.2 Å². The molecule has 2 aromatic carbocycles. The molecule has 3 rings (SSSR count). The van der Waals surface area contributed by atoms with E-state index in [0.717, 1.165) is 11.1 Å². The molecule has 0 spiro atoms. The van der Waals surface area contributed by atoms with E-state index < -0.39 is 0 Å². The van der Waals surface area contributed by atoms with E-state index in [4.69, 9.17) is 18.9 Å². The van der Waals surface area contributed by atoms with E-state index in [1.165, 1.54) is 0 Å². The molecule has 1 aliphatic heterocycles. The van der Waals surface area contributed by atoms with Gasteiger partial charge >= 0.3 is 0 Å². The maximum atomic E-state index is 14.6.